The molecule has 0 radical (unpaired) electrons. The van der Waals surface area contributed by atoms with Crippen molar-refractivity contribution in [3.05, 3.63) is 85.1 Å². The molecule has 0 heterocycles. The minimum atomic E-state index is -0.806. The van der Waals surface area contributed by atoms with Crippen molar-refractivity contribution >= 4 is 11.9 Å². The SMILES string of the molecule is CCC=CCC=CCC=CCC=CCCCCC(=O)OC(CO)COC(=O)CCCCCCC=CCC=CCC=CCCCCC. The zero-order valence-corrected chi connectivity index (χ0v) is 29.3. The number of carbonyl (C=O) groups is 2. The Morgan fingerprint density at radius 2 is 0.935 bits per heavy atom. The van der Waals surface area contributed by atoms with Crippen LogP contribution in [-0.4, -0.2) is 36.4 Å². The van der Waals surface area contributed by atoms with Crippen LogP contribution in [-0.2, 0) is 19.1 Å². The molecule has 0 saturated heterocycles. The smallest absolute Gasteiger partial charge is 0.306 e. The molecule has 260 valence electrons. The maximum atomic E-state index is 12.1. The summed E-state index contributed by atoms with van der Waals surface area (Å²) in [5.41, 5.74) is 0. The Labute approximate surface area is 282 Å². The largest absolute Gasteiger partial charge is 0.462 e. The van der Waals surface area contributed by atoms with Crippen LogP contribution >= 0.6 is 0 Å². The maximum Gasteiger partial charge on any atom is 0.306 e. The van der Waals surface area contributed by atoms with Gasteiger partial charge in [0.25, 0.3) is 0 Å². The predicted octanol–water partition coefficient (Wildman–Crippen LogP) is 11.2. The third kappa shape index (κ3) is 34.0. The molecule has 0 aromatic heterocycles. The van der Waals surface area contributed by atoms with Crippen LogP contribution in [0.4, 0.5) is 0 Å². The van der Waals surface area contributed by atoms with Gasteiger partial charge in [-0.3, -0.25) is 9.59 Å². The quantitative estimate of drug-likeness (QED) is 0.0465. The van der Waals surface area contributed by atoms with Crippen molar-refractivity contribution in [1.82, 2.24) is 0 Å². The molecule has 1 unspecified atom stereocenters. The van der Waals surface area contributed by atoms with E-state index >= 15 is 0 Å². The third-order valence-corrected chi connectivity index (χ3v) is 7.17. The van der Waals surface area contributed by atoms with E-state index in [0.717, 1.165) is 89.9 Å². The first-order valence-electron chi connectivity index (χ1n) is 18.1. The Morgan fingerprint density at radius 3 is 1.43 bits per heavy atom. The van der Waals surface area contributed by atoms with Crippen molar-refractivity contribution in [3.8, 4) is 0 Å². The van der Waals surface area contributed by atoms with Gasteiger partial charge in [0.1, 0.15) is 6.61 Å². The number of allylic oxidation sites excluding steroid dienone is 14. The minimum Gasteiger partial charge on any atom is -0.462 e. The Bertz CT molecular complexity index is 906. The number of carbonyl (C=O) groups excluding carboxylic acids is 2. The molecule has 0 fully saturated rings. The highest BCUT2D eigenvalue weighted by molar-refractivity contribution is 5.70. The number of aliphatic hydroxyl groups is 1. The Hall–Kier alpha value is -2.92. The van der Waals surface area contributed by atoms with E-state index in [4.69, 9.17) is 9.47 Å². The lowest BCUT2D eigenvalue weighted by molar-refractivity contribution is -0.161. The van der Waals surface area contributed by atoms with E-state index in [9.17, 15) is 14.7 Å². The summed E-state index contributed by atoms with van der Waals surface area (Å²) in [7, 11) is 0. The Morgan fingerprint density at radius 1 is 0.522 bits per heavy atom. The fraction of sp³-hybridized carbons (Fsp3) is 0.610. The first-order chi connectivity index (χ1) is 22.6. The molecule has 1 atom stereocenters. The monoisotopic (exact) mass is 638 g/mol. The molecule has 0 aliphatic rings. The number of rotatable bonds is 31. The molecular formula is C41H66O5. The van der Waals surface area contributed by atoms with Crippen molar-refractivity contribution in [2.45, 2.75) is 148 Å². The molecule has 5 heteroatoms. The van der Waals surface area contributed by atoms with E-state index in [-0.39, 0.29) is 25.2 Å². The van der Waals surface area contributed by atoms with Crippen LogP contribution < -0.4 is 0 Å². The molecule has 5 nitrogen and oxygen atoms in total. The second-order valence-electron chi connectivity index (χ2n) is 11.6. The highest BCUT2D eigenvalue weighted by Gasteiger charge is 2.15. The number of hydrogen-bond donors (Lipinski definition) is 1. The van der Waals surface area contributed by atoms with Crippen LogP contribution in [0.3, 0.4) is 0 Å². The number of esters is 2. The van der Waals surface area contributed by atoms with Gasteiger partial charge in [-0.05, 0) is 89.9 Å². The van der Waals surface area contributed by atoms with Crippen molar-refractivity contribution in [2.75, 3.05) is 13.2 Å². The van der Waals surface area contributed by atoms with Crippen molar-refractivity contribution in [1.29, 1.82) is 0 Å². The van der Waals surface area contributed by atoms with E-state index in [1.807, 2.05) is 0 Å². The average molecular weight is 639 g/mol. The molecule has 0 spiro atoms. The van der Waals surface area contributed by atoms with E-state index in [1.165, 1.54) is 25.7 Å². The van der Waals surface area contributed by atoms with Gasteiger partial charge in [-0.25, -0.2) is 0 Å². The normalized spacial score (nSPS) is 13.2. The van der Waals surface area contributed by atoms with Gasteiger partial charge >= 0.3 is 11.9 Å². The molecule has 0 saturated carbocycles. The fourth-order valence-corrected chi connectivity index (χ4v) is 4.43. The van der Waals surface area contributed by atoms with Gasteiger partial charge in [-0.2, -0.15) is 0 Å². The Kier molecular flexibility index (Phi) is 34.2. The van der Waals surface area contributed by atoms with Gasteiger partial charge in [0.2, 0.25) is 0 Å². The molecule has 0 rings (SSSR count). The van der Waals surface area contributed by atoms with Crippen molar-refractivity contribution in [2.24, 2.45) is 0 Å². The summed E-state index contributed by atoms with van der Waals surface area (Å²) >= 11 is 0. The first kappa shape index (κ1) is 43.1. The molecule has 0 bridgehead atoms. The lowest BCUT2D eigenvalue weighted by Gasteiger charge is -2.15. The summed E-state index contributed by atoms with van der Waals surface area (Å²) < 4.78 is 10.5. The molecule has 0 aliphatic heterocycles. The maximum absolute atomic E-state index is 12.1. The predicted molar refractivity (Wildman–Crippen MR) is 196 cm³/mol. The van der Waals surface area contributed by atoms with Gasteiger partial charge in [-0.1, -0.05) is 125 Å². The molecule has 0 amide bonds. The standard InChI is InChI=1S/C41H66O5/c1-3-5-7-9-11-13-15-17-19-20-22-23-25-27-29-31-33-35-40(43)45-38-39(37-42)46-41(44)36-34-32-30-28-26-24-21-18-16-14-12-10-8-6-4-2/h6,8,11-14,17-19,21-23,26,28,39,42H,3-5,7,9-10,15-16,20,24-25,27,29-38H2,1-2H3. The molecule has 0 aliphatic carbocycles. The van der Waals surface area contributed by atoms with Crippen LogP contribution in [0, 0.1) is 0 Å². The van der Waals surface area contributed by atoms with E-state index in [0.29, 0.717) is 12.8 Å². The zero-order chi connectivity index (χ0) is 33.6. The van der Waals surface area contributed by atoms with Gasteiger partial charge in [-0.15, -0.1) is 0 Å². The lowest BCUT2D eigenvalue weighted by atomic mass is 10.1. The highest BCUT2D eigenvalue weighted by Crippen LogP contribution is 2.09. The molecule has 1 N–H and O–H groups in total. The molecular weight excluding hydrogens is 572 g/mol. The van der Waals surface area contributed by atoms with Crippen molar-refractivity contribution in [3.63, 3.8) is 0 Å². The number of ether oxygens (including phenoxy) is 2. The zero-order valence-electron chi connectivity index (χ0n) is 29.3. The number of unbranched alkanes of at least 4 members (excludes halogenated alkanes) is 9. The minimum absolute atomic E-state index is 0.0997. The highest BCUT2D eigenvalue weighted by atomic mass is 16.6. The van der Waals surface area contributed by atoms with E-state index < -0.39 is 6.10 Å². The molecule has 0 aromatic rings. The van der Waals surface area contributed by atoms with Gasteiger partial charge in [0.15, 0.2) is 6.10 Å². The topological polar surface area (TPSA) is 72.8 Å². The summed E-state index contributed by atoms with van der Waals surface area (Å²) in [6, 6.07) is 0. The summed E-state index contributed by atoms with van der Waals surface area (Å²) in [6.07, 6.45) is 49.2. The van der Waals surface area contributed by atoms with Gasteiger partial charge in [0, 0.05) is 12.8 Å². The summed E-state index contributed by atoms with van der Waals surface area (Å²) in [4.78, 5) is 24.2. The van der Waals surface area contributed by atoms with E-state index in [1.54, 1.807) is 0 Å². The van der Waals surface area contributed by atoms with E-state index in [2.05, 4.69) is 98.9 Å². The summed E-state index contributed by atoms with van der Waals surface area (Å²) in [5, 5.41) is 9.52. The third-order valence-electron chi connectivity index (χ3n) is 7.17. The number of hydrogen-bond acceptors (Lipinski definition) is 5. The van der Waals surface area contributed by atoms with Crippen LogP contribution in [0.25, 0.3) is 0 Å². The average Bonchev–Trinajstić information content (AvgIpc) is 3.06. The van der Waals surface area contributed by atoms with Crippen molar-refractivity contribution < 1.29 is 24.2 Å². The van der Waals surface area contributed by atoms with Crippen LogP contribution in [0.15, 0.2) is 85.1 Å². The van der Waals surface area contributed by atoms with Crippen LogP contribution in [0.2, 0.25) is 0 Å². The second-order valence-corrected chi connectivity index (χ2v) is 11.6. The fourth-order valence-electron chi connectivity index (χ4n) is 4.43. The number of aliphatic hydroxyl groups excluding tert-OH is 1. The lowest BCUT2D eigenvalue weighted by Crippen LogP contribution is -2.28. The molecule has 46 heavy (non-hydrogen) atoms. The first-order valence-corrected chi connectivity index (χ1v) is 18.1. The Balaban J connectivity index is 3.73. The summed E-state index contributed by atoms with van der Waals surface area (Å²) in [5.74, 6) is -0.675. The second kappa shape index (κ2) is 36.5. The van der Waals surface area contributed by atoms with Crippen LogP contribution in [0.1, 0.15) is 142 Å². The summed E-state index contributed by atoms with van der Waals surface area (Å²) in [6.45, 7) is 3.91. The van der Waals surface area contributed by atoms with Gasteiger partial charge in [0.05, 0.1) is 6.61 Å². The van der Waals surface area contributed by atoms with Crippen LogP contribution in [0.5, 0.6) is 0 Å². The van der Waals surface area contributed by atoms with Gasteiger partial charge < -0.3 is 14.6 Å². The molecule has 0 aromatic carbocycles.